The van der Waals surface area contributed by atoms with Gasteiger partial charge in [-0.1, -0.05) is 18.2 Å². The Balaban J connectivity index is 1.20. The molecule has 2 aromatic carbocycles. The van der Waals surface area contributed by atoms with Crippen LogP contribution in [-0.4, -0.2) is 56.0 Å². The minimum Gasteiger partial charge on any atom is -0.496 e. The van der Waals surface area contributed by atoms with E-state index in [-0.39, 0.29) is 11.9 Å². The van der Waals surface area contributed by atoms with Crippen molar-refractivity contribution in [2.45, 2.75) is 30.3 Å². The first-order valence-corrected chi connectivity index (χ1v) is 11.4. The van der Waals surface area contributed by atoms with Gasteiger partial charge in [0.25, 0.3) is 0 Å². The number of ether oxygens (including phenoxy) is 3. The fraction of sp³-hybridized carbons (Fsp3) is 0.435. The number of methoxy groups -OCH3 is 1. The number of nitrogens with zero attached hydrogens (tertiary/aromatic N) is 1. The van der Waals surface area contributed by atoms with Crippen LogP contribution in [0, 0.1) is 0 Å². The summed E-state index contributed by atoms with van der Waals surface area (Å²) in [6, 6.07) is 14.2. The molecule has 1 N–H and O–H groups in total. The van der Waals surface area contributed by atoms with E-state index in [0.29, 0.717) is 19.0 Å². The Kier molecular flexibility index (Phi) is 7.02. The molecule has 2 aromatic rings. The van der Waals surface area contributed by atoms with Gasteiger partial charge in [-0.2, -0.15) is 0 Å². The third-order valence-corrected chi connectivity index (χ3v) is 6.42. The van der Waals surface area contributed by atoms with Crippen molar-refractivity contribution < 1.29 is 19.0 Å². The maximum absolute atomic E-state index is 12.4. The van der Waals surface area contributed by atoms with Crippen molar-refractivity contribution in [1.82, 2.24) is 10.2 Å². The van der Waals surface area contributed by atoms with E-state index < -0.39 is 0 Å². The van der Waals surface area contributed by atoms with E-state index in [4.69, 9.17) is 14.2 Å². The summed E-state index contributed by atoms with van der Waals surface area (Å²) in [5.41, 5.74) is 1.21. The van der Waals surface area contributed by atoms with Gasteiger partial charge < -0.3 is 19.5 Å². The minimum atomic E-state index is 0.0815. The highest BCUT2D eigenvalue weighted by Crippen LogP contribution is 2.34. The molecule has 0 spiro atoms. The van der Waals surface area contributed by atoms with E-state index in [1.54, 1.807) is 7.11 Å². The van der Waals surface area contributed by atoms with E-state index in [0.717, 1.165) is 54.6 Å². The number of likely N-dealkylation sites (tertiary alicyclic amines) is 1. The number of thioether (sulfide) groups is 1. The number of benzene rings is 2. The van der Waals surface area contributed by atoms with Crippen LogP contribution < -0.4 is 19.5 Å². The topological polar surface area (TPSA) is 60.0 Å². The van der Waals surface area contributed by atoms with Crippen LogP contribution in [0.15, 0.2) is 47.4 Å². The molecule has 6 nitrogen and oxygen atoms in total. The van der Waals surface area contributed by atoms with Gasteiger partial charge in [0, 0.05) is 36.1 Å². The van der Waals surface area contributed by atoms with Gasteiger partial charge in [0.15, 0.2) is 11.5 Å². The summed E-state index contributed by atoms with van der Waals surface area (Å²) in [6.45, 7) is 3.97. The summed E-state index contributed by atoms with van der Waals surface area (Å²) in [6.07, 6.45) is 1.94. The molecule has 1 amide bonds. The molecule has 1 saturated heterocycles. The summed E-state index contributed by atoms with van der Waals surface area (Å²) in [5.74, 6) is 2.95. The molecule has 0 bridgehead atoms. The number of amides is 1. The number of fused-ring (bicyclic) bond motifs is 1. The first-order valence-electron chi connectivity index (χ1n) is 10.4. The molecule has 30 heavy (non-hydrogen) atoms. The van der Waals surface area contributed by atoms with E-state index in [9.17, 15) is 4.79 Å². The van der Waals surface area contributed by atoms with Crippen LogP contribution in [0.4, 0.5) is 0 Å². The lowest BCUT2D eigenvalue weighted by atomic mass is 10.0. The van der Waals surface area contributed by atoms with Crippen LogP contribution in [0.2, 0.25) is 0 Å². The third kappa shape index (κ3) is 5.40. The van der Waals surface area contributed by atoms with Crippen molar-refractivity contribution >= 4 is 17.7 Å². The van der Waals surface area contributed by atoms with Crippen molar-refractivity contribution in [2.75, 3.05) is 39.2 Å². The maximum atomic E-state index is 12.4. The Morgan fingerprint density at radius 2 is 1.90 bits per heavy atom. The summed E-state index contributed by atoms with van der Waals surface area (Å²) >= 11 is 1.52. The first kappa shape index (κ1) is 20.9. The normalized spacial score (nSPS) is 16.8. The Bertz CT molecular complexity index is 868. The van der Waals surface area contributed by atoms with Crippen molar-refractivity contribution in [3.63, 3.8) is 0 Å². The predicted octanol–water partition coefficient (Wildman–Crippen LogP) is 3.34. The SMILES string of the molecule is COc1ccccc1CN1CCC(NC(=O)CSc2ccc3c(c2)OCCO3)CC1. The molecule has 4 rings (SSSR count). The zero-order chi connectivity index (χ0) is 20.8. The van der Waals surface area contributed by atoms with Gasteiger partial charge in [0.2, 0.25) is 5.91 Å². The Labute approximate surface area is 181 Å². The van der Waals surface area contributed by atoms with E-state index in [1.165, 1.54) is 17.3 Å². The summed E-state index contributed by atoms with van der Waals surface area (Å²) < 4.78 is 16.6. The van der Waals surface area contributed by atoms with E-state index in [1.807, 2.05) is 36.4 Å². The molecule has 0 radical (unpaired) electrons. The Morgan fingerprint density at radius 3 is 2.70 bits per heavy atom. The number of hydrogen-bond donors (Lipinski definition) is 1. The summed E-state index contributed by atoms with van der Waals surface area (Å²) in [7, 11) is 1.71. The molecule has 160 valence electrons. The predicted molar refractivity (Wildman–Crippen MR) is 118 cm³/mol. The first-order chi connectivity index (χ1) is 14.7. The zero-order valence-corrected chi connectivity index (χ0v) is 18.1. The van der Waals surface area contributed by atoms with Crippen LogP contribution in [0.5, 0.6) is 17.2 Å². The maximum Gasteiger partial charge on any atom is 0.230 e. The average molecular weight is 429 g/mol. The second-order valence-electron chi connectivity index (χ2n) is 7.52. The molecule has 2 aliphatic rings. The number of rotatable bonds is 7. The average Bonchev–Trinajstić information content (AvgIpc) is 2.79. The monoisotopic (exact) mass is 428 g/mol. The fourth-order valence-corrected chi connectivity index (χ4v) is 4.58. The lowest BCUT2D eigenvalue weighted by Crippen LogP contribution is -2.44. The van der Waals surface area contributed by atoms with Crippen molar-refractivity contribution in [1.29, 1.82) is 0 Å². The second kappa shape index (κ2) is 10.1. The fourth-order valence-electron chi connectivity index (χ4n) is 3.84. The summed E-state index contributed by atoms with van der Waals surface area (Å²) in [5, 5.41) is 3.19. The number of hydrogen-bond acceptors (Lipinski definition) is 6. The Hall–Kier alpha value is -2.38. The quantitative estimate of drug-likeness (QED) is 0.683. The molecule has 2 heterocycles. The van der Waals surface area contributed by atoms with Gasteiger partial charge >= 0.3 is 0 Å². The highest BCUT2D eigenvalue weighted by molar-refractivity contribution is 8.00. The van der Waals surface area contributed by atoms with E-state index >= 15 is 0 Å². The van der Waals surface area contributed by atoms with Crippen LogP contribution in [0.1, 0.15) is 18.4 Å². The molecular weight excluding hydrogens is 400 g/mol. The largest absolute Gasteiger partial charge is 0.496 e. The third-order valence-electron chi connectivity index (χ3n) is 5.42. The lowest BCUT2D eigenvalue weighted by Gasteiger charge is -2.32. The highest BCUT2D eigenvalue weighted by Gasteiger charge is 2.21. The number of carbonyl (C=O) groups excluding carboxylic acids is 1. The molecular formula is C23H28N2O4S. The molecule has 0 atom stereocenters. The van der Waals surface area contributed by atoms with Gasteiger partial charge in [-0.15, -0.1) is 11.8 Å². The van der Waals surface area contributed by atoms with Gasteiger partial charge in [0.1, 0.15) is 19.0 Å². The molecule has 0 saturated carbocycles. The van der Waals surface area contributed by atoms with Gasteiger partial charge in [-0.3, -0.25) is 9.69 Å². The molecule has 0 aliphatic carbocycles. The minimum absolute atomic E-state index is 0.0815. The number of carbonyl (C=O) groups is 1. The lowest BCUT2D eigenvalue weighted by molar-refractivity contribution is -0.119. The molecule has 0 unspecified atom stereocenters. The highest BCUT2D eigenvalue weighted by atomic mass is 32.2. The summed E-state index contributed by atoms with van der Waals surface area (Å²) in [4.78, 5) is 15.8. The molecule has 1 fully saturated rings. The van der Waals surface area contributed by atoms with Crippen LogP contribution in [-0.2, 0) is 11.3 Å². The van der Waals surface area contributed by atoms with Crippen LogP contribution in [0.3, 0.4) is 0 Å². The Morgan fingerprint density at radius 1 is 1.13 bits per heavy atom. The molecule has 0 aromatic heterocycles. The van der Waals surface area contributed by atoms with Crippen molar-refractivity contribution in [3.8, 4) is 17.2 Å². The second-order valence-corrected chi connectivity index (χ2v) is 8.57. The zero-order valence-electron chi connectivity index (χ0n) is 17.3. The van der Waals surface area contributed by atoms with Crippen LogP contribution in [0.25, 0.3) is 0 Å². The van der Waals surface area contributed by atoms with Crippen LogP contribution >= 0.6 is 11.8 Å². The number of nitrogens with one attached hydrogen (secondary N) is 1. The number of piperidine rings is 1. The smallest absolute Gasteiger partial charge is 0.230 e. The van der Waals surface area contributed by atoms with Crippen molar-refractivity contribution in [3.05, 3.63) is 48.0 Å². The van der Waals surface area contributed by atoms with Gasteiger partial charge in [-0.05, 0) is 37.1 Å². The number of para-hydroxylation sites is 1. The molecule has 2 aliphatic heterocycles. The van der Waals surface area contributed by atoms with E-state index in [2.05, 4.69) is 16.3 Å². The van der Waals surface area contributed by atoms with Gasteiger partial charge in [-0.25, -0.2) is 0 Å². The van der Waals surface area contributed by atoms with Crippen molar-refractivity contribution in [2.24, 2.45) is 0 Å². The van der Waals surface area contributed by atoms with Gasteiger partial charge in [0.05, 0.1) is 12.9 Å². The molecule has 7 heteroatoms. The standard InChI is InChI=1S/C23H28N2O4S/c1-27-20-5-3-2-4-17(20)15-25-10-8-18(9-11-25)24-23(26)16-30-19-6-7-21-22(14-19)29-13-12-28-21/h2-7,14,18H,8-13,15-16H2,1H3,(H,24,26).